The number of nitrogens with one attached hydrogen (secondary N) is 2. The number of benzene rings is 2. The second-order valence-corrected chi connectivity index (χ2v) is 7.73. The predicted molar refractivity (Wildman–Crippen MR) is 97.5 cm³/mol. The smallest absolute Gasteiger partial charge is 0.255 e. The van der Waals surface area contributed by atoms with Crippen molar-refractivity contribution in [3.8, 4) is 0 Å². The van der Waals surface area contributed by atoms with E-state index < -0.39 is 27.8 Å². The van der Waals surface area contributed by atoms with E-state index in [9.17, 15) is 17.6 Å². The van der Waals surface area contributed by atoms with Gasteiger partial charge in [0.1, 0.15) is 5.82 Å². The van der Waals surface area contributed by atoms with E-state index in [1.165, 1.54) is 43.5 Å². The quantitative estimate of drug-likeness (QED) is 0.748. The van der Waals surface area contributed by atoms with E-state index in [-0.39, 0.29) is 17.2 Å². The van der Waals surface area contributed by atoms with Gasteiger partial charge in [-0.05, 0) is 49.4 Å². The molecule has 0 aliphatic rings. The third-order valence-corrected chi connectivity index (χ3v) is 5.22. The molecular formula is C17H18ClFN2O4S. The highest BCUT2D eigenvalue weighted by Gasteiger charge is 2.19. The Hall–Kier alpha value is -2.00. The van der Waals surface area contributed by atoms with Crippen molar-refractivity contribution < 1.29 is 22.3 Å². The number of sulfonamides is 1. The van der Waals surface area contributed by atoms with Gasteiger partial charge in [-0.3, -0.25) is 4.79 Å². The molecular weight excluding hydrogens is 383 g/mol. The number of hydrogen-bond acceptors (Lipinski definition) is 4. The van der Waals surface area contributed by atoms with Crippen LogP contribution in [0.2, 0.25) is 5.02 Å². The second kappa shape index (κ2) is 8.59. The Labute approximate surface area is 156 Å². The van der Waals surface area contributed by atoms with Crippen LogP contribution in [0.4, 0.5) is 10.1 Å². The lowest BCUT2D eigenvalue weighted by molar-refractivity contribution is 0.102. The minimum Gasteiger partial charge on any atom is -0.383 e. The van der Waals surface area contributed by atoms with Crippen LogP contribution in [0, 0.1) is 5.82 Å². The summed E-state index contributed by atoms with van der Waals surface area (Å²) in [5, 5.41) is 2.86. The molecule has 0 fully saturated rings. The Morgan fingerprint density at radius 1 is 1.23 bits per heavy atom. The first kappa shape index (κ1) is 20.3. The van der Waals surface area contributed by atoms with Gasteiger partial charge in [-0.2, -0.15) is 0 Å². The maximum Gasteiger partial charge on any atom is 0.255 e. The minimum atomic E-state index is -3.90. The van der Waals surface area contributed by atoms with Crippen LogP contribution in [0.1, 0.15) is 17.3 Å². The molecule has 140 valence electrons. The summed E-state index contributed by atoms with van der Waals surface area (Å²) in [6.45, 7) is 1.80. The second-order valence-electron chi connectivity index (χ2n) is 5.58. The standard InChI is InChI=1S/C17H18ClFN2O4S/c1-11(10-25-2)21-26(23,24)14-7-8-16(15(19)9-14)20-17(22)12-3-5-13(18)6-4-12/h3-9,11,21H,10H2,1-2H3,(H,20,22). The predicted octanol–water partition coefficient (Wildman–Crippen LogP) is 3.04. The third kappa shape index (κ3) is 5.25. The first-order valence-corrected chi connectivity index (χ1v) is 9.47. The molecule has 26 heavy (non-hydrogen) atoms. The highest BCUT2D eigenvalue weighted by atomic mass is 35.5. The summed E-state index contributed by atoms with van der Waals surface area (Å²) >= 11 is 5.76. The number of amides is 1. The molecule has 2 rings (SSSR count). The molecule has 0 radical (unpaired) electrons. The zero-order chi connectivity index (χ0) is 19.3. The fraction of sp³-hybridized carbons (Fsp3) is 0.235. The SMILES string of the molecule is COCC(C)NS(=O)(=O)c1ccc(NC(=O)c2ccc(Cl)cc2)c(F)c1. The molecule has 2 N–H and O–H groups in total. The Morgan fingerprint density at radius 2 is 1.88 bits per heavy atom. The van der Waals surface area contributed by atoms with E-state index in [4.69, 9.17) is 16.3 Å². The molecule has 2 aromatic carbocycles. The number of methoxy groups -OCH3 is 1. The Balaban J connectivity index is 2.16. The van der Waals surface area contributed by atoms with E-state index in [1.807, 2.05) is 0 Å². The van der Waals surface area contributed by atoms with Crippen molar-refractivity contribution in [2.24, 2.45) is 0 Å². The largest absolute Gasteiger partial charge is 0.383 e. The van der Waals surface area contributed by atoms with Crippen molar-refractivity contribution in [3.05, 3.63) is 58.9 Å². The van der Waals surface area contributed by atoms with Crippen molar-refractivity contribution >= 4 is 33.2 Å². The van der Waals surface area contributed by atoms with Crippen molar-refractivity contribution in [3.63, 3.8) is 0 Å². The van der Waals surface area contributed by atoms with E-state index in [0.717, 1.165) is 6.07 Å². The maximum absolute atomic E-state index is 14.3. The fourth-order valence-corrected chi connectivity index (χ4v) is 3.54. The summed E-state index contributed by atoms with van der Waals surface area (Å²) in [4.78, 5) is 11.9. The number of rotatable bonds is 7. The van der Waals surface area contributed by atoms with Crippen molar-refractivity contribution in [2.75, 3.05) is 19.0 Å². The van der Waals surface area contributed by atoms with Gasteiger partial charge in [0, 0.05) is 23.7 Å². The van der Waals surface area contributed by atoms with Gasteiger partial charge in [0.15, 0.2) is 0 Å². The molecule has 0 spiro atoms. The van der Waals surface area contributed by atoms with Crippen LogP contribution in [0.5, 0.6) is 0 Å². The third-order valence-electron chi connectivity index (χ3n) is 3.38. The molecule has 9 heteroatoms. The maximum atomic E-state index is 14.3. The molecule has 0 bridgehead atoms. The van der Waals surface area contributed by atoms with Gasteiger partial charge in [-0.25, -0.2) is 17.5 Å². The number of carbonyl (C=O) groups is 1. The molecule has 6 nitrogen and oxygen atoms in total. The Kier molecular flexibility index (Phi) is 6.71. The molecule has 0 aliphatic carbocycles. The summed E-state index contributed by atoms with van der Waals surface area (Å²) in [5.74, 6) is -1.41. The fourth-order valence-electron chi connectivity index (χ4n) is 2.18. The van der Waals surface area contributed by atoms with E-state index in [1.54, 1.807) is 6.92 Å². The summed E-state index contributed by atoms with van der Waals surface area (Å²) in [6, 6.07) is 8.84. The monoisotopic (exact) mass is 400 g/mol. The highest BCUT2D eigenvalue weighted by molar-refractivity contribution is 7.89. The van der Waals surface area contributed by atoms with Gasteiger partial charge < -0.3 is 10.1 Å². The van der Waals surface area contributed by atoms with Crippen LogP contribution in [0.3, 0.4) is 0 Å². The molecule has 0 aromatic heterocycles. The zero-order valence-electron chi connectivity index (χ0n) is 14.1. The molecule has 1 atom stereocenters. The lowest BCUT2D eigenvalue weighted by Crippen LogP contribution is -2.35. The summed E-state index contributed by atoms with van der Waals surface area (Å²) in [5.41, 5.74) is 0.161. The van der Waals surface area contributed by atoms with Crippen LogP contribution >= 0.6 is 11.6 Å². The summed E-state index contributed by atoms with van der Waals surface area (Å²) < 4.78 is 45.9. The molecule has 0 heterocycles. The summed E-state index contributed by atoms with van der Waals surface area (Å²) in [6.07, 6.45) is 0. The molecule has 1 amide bonds. The van der Waals surface area contributed by atoms with E-state index in [0.29, 0.717) is 10.6 Å². The van der Waals surface area contributed by atoms with Crippen LogP contribution < -0.4 is 10.0 Å². The van der Waals surface area contributed by atoms with Crippen LogP contribution in [0.25, 0.3) is 0 Å². The van der Waals surface area contributed by atoms with E-state index in [2.05, 4.69) is 10.0 Å². The Bertz CT molecular complexity index is 888. The molecule has 0 saturated carbocycles. The van der Waals surface area contributed by atoms with E-state index >= 15 is 0 Å². The van der Waals surface area contributed by atoms with Crippen LogP contribution in [-0.4, -0.2) is 34.1 Å². The van der Waals surface area contributed by atoms with Crippen LogP contribution in [0.15, 0.2) is 47.4 Å². The zero-order valence-corrected chi connectivity index (χ0v) is 15.7. The normalized spacial score (nSPS) is 12.6. The van der Waals surface area contributed by atoms with Gasteiger partial charge in [-0.15, -0.1) is 0 Å². The Morgan fingerprint density at radius 3 is 2.46 bits per heavy atom. The number of anilines is 1. The van der Waals surface area contributed by atoms with Crippen LogP contribution in [-0.2, 0) is 14.8 Å². The number of hydrogen-bond donors (Lipinski definition) is 2. The lowest BCUT2D eigenvalue weighted by Gasteiger charge is -2.14. The number of halogens is 2. The lowest BCUT2D eigenvalue weighted by atomic mass is 10.2. The van der Waals surface area contributed by atoms with Gasteiger partial charge in [-0.1, -0.05) is 11.6 Å². The average molecular weight is 401 g/mol. The highest BCUT2D eigenvalue weighted by Crippen LogP contribution is 2.20. The first-order valence-electron chi connectivity index (χ1n) is 7.60. The number of ether oxygens (including phenoxy) is 1. The van der Waals surface area contributed by atoms with Gasteiger partial charge in [0.25, 0.3) is 5.91 Å². The van der Waals surface area contributed by atoms with Gasteiger partial charge >= 0.3 is 0 Å². The average Bonchev–Trinajstić information content (AvgIpc) is 2.56. The van der Waals surface area contributed by atoms with Crippen molar-refractivity contribution in [1.29, 1.82) is 0 Å². The topological polar surface area (TPSA) is 84.5 Å². The molecule has 2 aromatic rings. The van der Waals surface area contributed by atoms with Gasteiger partial charge in [0.05, 0.1) is 17.2 Å². The summed E-state index contributed by atoms with van der Waals surface area (Å²) in [7, 11) is -2.46. The molecule has 0 aliphatic heterocycles. The van der Waals surface area contributed by atoms with Crippen molar-refractivity contribution in [2.45, 2.75) is 17.9 Å². The number of carbonyl (C=O) groups excluding carboxylic acids is 1. The first-order chi connectivity index (χ1) is 12.2. The molecule has 1 unspecified atom stereocenters. The minimum absolute atomic E-state index is 0.131. The van der Waals surface area contributed by atoms with Crippen molar-refractivity contribution in [1.82, 2.24) is 4.72 Å². The molecule has 0 saturated heterocycles. The van der Waals surface area contributed by atoms with Gasteiger partial charge in [0.2, 0.25) is 10.0 Å².